The standard InChI is InChI=1S/C7H15NO4S/c1-3-4-13(10,11)8-7(5-9)6-12-2/h3,7-9H,1,4-6H2,2H3. The molecule has 0 amide bonds. The van der Waals surface area contributed by atoms with Crippen LogP contribution in [-0.4, -0.2) is 45.6 Å². The van der Waals surface area contributed by atoms with Crippen LogP contribution in [0, 0.1) is 0 Å². The van der Waals surface area contributed by atoms with Crippen molar-refractivity contribution < 1.29 is 18.3 Å². The van der Waals surface area contributed by atoms with Gasteiger partial charge in [0.25, 0.3) is 0 Å². The summed E-state index contributed by atoms with van der Waals surface area (Å²) in [6.07, 6.45) is 1.28. The van der Waals surface area contributed by atoms with Crippen LogP contribution in [0.1, 0.15) is 0 Å². The van der Waals surface area contributed by atoms with Crippen LogP contribution in [0.4, 0.5) is 0 Å². The van der Waals surface area contributed by atoms with Crippen molar-refractivity contribution in [2.75, 3.05) is 26.1 Å². The van der Waals surface area contributed by atoms with Gasteiger partial charge >= 0.3 is 0 Å². The molecule has 13 heavy (non-hydrogen) atoms. The predicted octanol–water partition coefficient (Wildman–Crippen LogP) is -0.901. The number of hydrogen-bond acceptors (Lipinski definition) is 4. The van der Waals surface area contributed by atoms with E-state index in [4.69, 9.17) is 9.84 Å². The molecule has 0 aliphatic rings. The summed E-state index contributed by atoms with van der Waals surface area (Å²) in [5.74, 6) is -0.160. The Balaban J connectivity index is 4.13. The van der Waals surface area contributed by atoms with Crippen LogP contribution in [0.5, 0.6) is 0 Å². The predicted molar refractivity (Wildman–Crippen MR) is 49.9 cm³/mol. The SMILES string of the molecule is C=CCS(=O)(=O)NC(CO)COC. The first kappa shape index (κ1) is 12.6. The van der Waals surface area contributed by atoms with Crippen LogP contribution in [-0.2, 0) is 14.8 Å². The van der Waals surface area contributed by atoms with Crippen LogP contribution in [0.2, 0.25) is 0 Å². The maximum atomic E-state index is 11.1. The number of methoxy groups -OCH3 is 1. The van der Waals surface area contributed by atoms with E-state index in [1.54, 1.807) is 0 Å². The second kappa shape index (κ2) is 6.09. The molecule has 78 valence electrons. The van der Waals surface area contributed by atoms with Gasteiger partial charge in [-0.1, -0.05) is 6.08 Å². The highest BCUT2D eigenvalue weighted by molar-refractivity contribution is 7.89. The second-order valence-corrected chi connectivity index (χ2v) is 4.32. The van der Waals surface area contributed by atoms with Gasteiger partial charge in [0.05, 0.1) is 25.0 Å². The van der Waals surface area contributed by atoms with Gasteiger partial charge in [0.1, 0.15) is 0 Å². The molecule has 0 rings (SSSR count). The van der Waals surface area contributed by atoms with Gasteiger partial charge in [0, 0.05) is 7.11 Å². The summed E-state index contributed by atoms with van der Waals surface area (Å²) < 4.78 is 29.2. The summed E-state index contributed by atoms with van der Waals surface area (Å²) in [4.78, 5) is 0. The number of aliphatic hydroxyl groups excluding tert-OH is 1. The van der Waals surface area contributed by atoms with Crippen molar-refractivity contribution >= 4 is 10.0 Å². The molecule has 5 nitrogen and oxygen atoms in total. The first-order chi connectivity index (χ1) is 6.05. The molecule has 0 heterocycles. The Morgan fingerprint density at radius 3 is 2.69 bits per heavy atom. The zero-order valence-electron chi connectivity index (χ0n) is 7.56. The third kappa shape index (κ3) is 5.75. The van der Waals surface area contributed by atoms with Gasteiger partial charge in [-0.2, -0.15) is 0 Å². The van der Waals surface area contributed by atoms with E-state index in [-0.39, 0.29) is 19.0 Å². The summed E-state index contributed by atoms with van der Waals surface area (Å²) in [5.41, 5.74) is 0. The number of sulfonamides is 1. The van der Waals surface area contributed by atoms with E-state index in [1.165, 1.54) is 13.2 Å². The largest absolute Gasteiger partial charge is 0.395 e. The molecule has 2 N–H and O–H groups in total. The highest BCUT2D eigenvalue weighted by Gasteiger charge is 2.15. The van der Waals surface area contributed by atoms with Crippen LogP contribution < -0.4 is 4.72 Å². The lowest BCUT2D eigenvalue weighted by atomic mass is 10.4. The van der Waals surface area contributed by atoms with Crippen LogP contribution in [0.25, 0.3) is 0 Å². The summed E-state index contributed by atoms with van der Waals surface area (Å²) in [5, 5.41) is 8.76. The van der Waals surface area contributed by atoms with E-state index in [0.717, 1.165) is 0 Å². The molecule has 0 spiro atoms. The van der Waals surface area contributed by atoms with Crippen LogP contribution >= 0.6 is 0 Å². The fourth-order valence-electron chi connectivity index (χ4n) is 0.782. The molecule has 0 fully saturated rings. The molecule has 0 aromatic carbocycles. The molecule has 0 radical (unpaired) electrons. The van der Waals surface area contributed by atoms with E-state index in [0.29, 0.717) is 0 Å². The first-order valence-electron chi connectivity index (χ1n) is 3.76. The zero-order chi connectivity index (χ0) is 10.3. The topological polar surface area (TPSA) is 75.6 Å². The lowest BCUT2D eigenvalue weighted by molar-refractivity contribution is 0.139. The van der Waals surface area contributed by atoms with Gasteiger partial charge in [-0.05, 0) is 0 Å². The van der Waals surface area contributed by atoms with Gasteiger partial charge < -0.3 is 9.84 Å². The fraction of sp³-hybridized carbons (Fsp3) is 0.714. The number of nitrogens with one attached hydrogen (secondary N) is 1. The molecule has 0 saturated carbocycles. The average Bonchev–Trinajstić information content (AvgIpc) is 2.03. The Morgan fingerprint density at radius 2 is 2.31 bits per heavy atom. The third-order valence-corrected chi connectivity index (χ3v) is 2.64. The molecule has 0 aromatic heterocycles. The highest BCUT2D eigenvalue weighted by Crippen LogP contribution is 1.90. The molecule has 0 saturated heterocycles. The minimum atomic E-state index is -3.37. The third-order valence-electron chi connectivity index (χ3n) is 1.27. The molecule has 0 bridgehead atoms. The van der Waals surface area contributed by atoms with E-state index >= 15 is 0 Å². The number of aliphatic hydroxyl groups is 1. The summed E-state index contributed by atoms with van der Waals surface area (Å²) in [6, 6.07) is -0.588. The Bertz CT molecular complexity index is 237. The monoisotopic (exact) mass is 209 g/mol. The summed E-state index contributed by atoms with van der Waals surface area (Å²) >= 11 is 0. The average molecular weight is 209 g/mol. The van der Waals surface area contributed by atoms with E-state index in [2.05, 4.69) is 11.3 Å². The van der Waals surface area contributed by atoms with Gasteiger partial charge in [0.15, 0.2) is 0 Å². The highest BCUT2D eigenvalue weighted by atomic mass is 32.2. The minimum absolute atomic E-state index is 0.146. The summed E-state index contributed by atoms with van der Waals surface area (Å²) in [7, 11) is -1.94. The number of rotatable bonds is 7. The normalized spacial score (nSPS) is 14.0. The second-order valence-electron chi connectivity index (χ2n) is 2.52. The molecule has 1 unspecified atom stereocenters. The van der Waals surface area contributed by atoms with Crippen molar-refractivity contribution in [2.45, 2.75) is 6.04 Å². The van der Waals surface area contributed by atoms with Gasteiger partial charge in [0.2, 0.25) is 10.0 Å². The number of hydrogen-bond donors (Lipinski definition) is 2. The van der Waals surface area contributed by atoms with E-state index in [1.807, 2.05) is 0 Å². The first-order valence-corrected chi connectivity index (χ1v) is 5.41. The maximum Gasteiger partial charge on any atom is 0.215 e. The molecule has 1 atom stereocenters. The molecular weight excluding hydrogens is 194 g/mol. The van der Waals surface area contributed by atoms with Crippen molar-refractivity contribution in [1.82, 2.24) is 4.72 Å². The molecular formula is C7H15NO4S. The van der Waals surface area contributed by atoms with Crippen molar-refractivity contribution in [3.63, 3.8) is 0 Å². The Morgan fingerprint density at radius 1 is 1.69 bits per heavy atom. The van der Waals surface area contributed by atoms with Crippen molar-refractivity contribution in [3.8, 4) is 0 Å². The van der Waals surface area contributed by atoms with Crippen molar-refractivity contribution in [3.05, 3.63) is 12.7 Å². The van der Waals surface area contributed by atoms with Gasteiger partial charge in [-0.3, -0.25) is 0 Å². The Hall–Kier alpha value is -0.430. The minimum Gasteiger partial charge on any atom is -0.395 e. The Labute approximate surface area is 78.5 Å². The van der Waals surface area contributed by atoms with E-state index < -0.39 is 16.1 Å². The van der Waals surface area contributed by atoms with Gasteiger partial charge in [-0.15, -0.1) is 6.58 Å². The van der Waals surface area contributed by atoms with Crippen molar-refractivity contribution in [1.29, 1.82) is 0 Å². The molecule has 6 heteroatoms. The lowest BCUT2D eigenvalue weighted by Crippen LogP contribution is -2.41. The van der Waals surface area contributed by atoms with Gasteiger partial charge in [-0.25, -0.2) is 13.1 Å². The fourth-order valence-corrected chi connectivity index (χ4v) is 1.84. The quantitative estimate of drug-likeness (QED) is 0.533. The zero-order valence-corrected chi connectivity index (χ0v) is 8.38. The summed E-state index contributed by atoms with van der Waals surface area (Å²) in [6.45, 7) is 3.17. The number of ether oxygens (including phenoxy) is 1. The van der Waals surface area contributed by atoms with E-state index in [9.17, 15) is 8.42 Å². The maximum absolute atomic E-state index is 11.1. The molecule has 0 aliphatic heterocycles. The Kier molecular flexibility index (Phi) is 5.89. The van der Waals surface area contributed by atoms with Crippen molar-refractivity contribution in [2.24, 2.45) is 0 Å². The van der Waals surface area contributed by atoms with Crippen LogP contribution in [0.3, 0.4) is 0 Å². The molecule has 0 aromatic rings. The molecule has 0 aliphatic carbocycles. The lowest BCUT2D eigenvalue weighted by Gasteiger charge is -2.14. The van der Waals surface area contributed by atoms with Crippen LogP contribution in [0.15, 0.2) is 12.7 Å². The smallest absolute Gasteiger partial charge is 0.215 e.